The van der Waals surface area contributed by atoms with Crippen LogP contribution in [0.15, 0.2) is 30.3 Å². The normalized spacial score (nSPS) is 24.9. The maximum absolute atomic E-state index is 12.4. The van der Waals surface area contributed by atoms with Gasteiger partial charge in [0.25, 0.3) is 0 Å². The number of fused-ring (bicyclic) bond motifs is 2. The number of carbonyl (C=O) groups excluding carboxylic acids is 3. The van der Waals surface area contributed by atoms with Crippen LogP contribution in [0.3, 0.4) is 0 Å². The van der Waals surface area contributed by atoms with Gasteiger partial charge >= 0.3 is 18.3 Å². The number of hydrogen-bond acceptors (Lipinski definition) is 7. The number of halogens is 1. The predicted molar refractivity (Wildman–Crippen MR) is 176 cm³/mol. The third kappa shape index (κ3) is 11.5. The molecule has 0 aliphatic carbocycles. The molecule has 254 valence electrons. The standard InChI is InChI=1S/C21H30N2O4.C13H24N2O2.ClH/c1-21(2,3)27-20(25)23-13-17-9-11-22(12-10-18(17)14-23)19(24)26-15-16-7-5-4-6-8-16;1-13(2,3)17-12(16)15-8-10-4-6-14-7-5-11(10)9-15;/h4-8,17-18H,9-15H2,1-3H3;10-11,14H,4-9H2,1-3H3;1H/t17-,18+;10-,11+;. The quantitative estimate of drug-likeness (QED) is 0.382. The van der Waals surface area contributed by atoms with Gasteiger partial charge in [-0.15, -0.1) is 12.4 Å². The Kier molecular flexibility index (Phi) is 13.2. The van der Waals surface area contributed by atoms with Crippen LogP contribution in [0.1, 0.15) is 72.8 Å². The first kappa shape index (κ1) is 36.7. The molecule has 0 radical (unpaired) electrons. The Morgan fingerprint density at radius 3 is 1.51 bits per heavy atom. The summed E-state index contributed by atoms with van der Waals surface area (Å²) in [6.45, 7) is 18.4. The first-order valence-corrected chi connectivity index (χ1v) is 16.4. The van der Waals surface area contributed by atoms with Crippen molar-refractivity contribution < 1.29 is 28.6 Å². The number of nitrogens with one attached hydrogen (secondary N) is 1. The molecule has 0 unspecified atom stereocenters. The van der Waals surface area contributed by atoms with Crippen LogP contribution in [-0.4, -0.2) is 96.5 Å². The summed E-state index contributed by atoms with van der Waals surface area (Å²) in [7, 11) is 0. The van der Waals surface area contributed by atoms with Gasteiger partial charge in [0, 0.05) is 39.3 Å². The second-order valence-corrected chi connectivity index (χ2v) is 14.7. The van der Waals surface area contributed by atoms with Crippen LogP contribution in [-0.2, 0) is 20.8 Å². The van der Waals surface area contributed by atoms with Gasteiger partial charge in [-0.3, -0.25) is 0 Å². The van der Waals surface area contributed by atoms with Gasteiger partial charge < -0.3 is 34.2 Å². The van der Waals surface area contributed by atoms with E-state index in [-0.39, 0.29) is 36.3 Å². The van der Waals surface area contributed by atoms with Crippen molar-refractivity contribution in [2.75, 3.05) is 52.4 Å². The highest BCUT2D eigenvalue weighted by Crippen LogP contribution is 2.33. The van der Waals surface area contributed by atoms with Crippen LogP contribution in [0.25, 0.3) is 0 Å². The number of rotatable bonds is 2. The van der Waals surface area contributed by atoms with Crippen molar-refractivity contribution in [2.45, 2.75) is 85.0 Å². The molecule has 4 atom stereocenters. The molecule has 3 amide bonds. The summed E-state index contributed by atoms with van der Waals surface area (Å²) >= 11 is 0. The van der Waals surface area contributed by atoms with E-state index >= 15 is 0 Å². The van der Waals surface area contributed by atoms with Gasteiger partial charge in [0.2, 0.25) is 0 Å². The third-order valence-corrected chi connectivity index (χ3v) is 8.84. The second kappa shape index (κ2) is 16.2. The largest absolute Gasteiger partial charge is 0.445 e. The van der Waals surface area contributed by atoms with Crippen molar-refractivity contribution >= 4 is 30.7 Å². The van der Waals surface area contributed by atoms with E-state index in [4.69, 9.17) is 14.2 Å². The summed E-state index contributed by atoms with van der Waals surface area (Å²) in [5.74, 6) is 2.17. The number of hydrogen-bond donors (Lipinski definition) is 1. The number of likely N-dealkylation sites (tertiary alicyclic amines) is 3. The number of amides is 3. The van der Waals surface area contributed by atoms with E-state index in [1.807, 2.05) is 81.7 Å². The molecule has 10 nitrogen and oxygen atoms in total. The van der Waals surface area contributed by atoms with Crippen molar-refractivity contribution in [1.29, 1.82) is 0 Å². The van der Waals surface area contributed by atoms with Gasteiger partial charge in [0.1, 0.15) is 17.8 Å². The van der Waals surface area contributed by atoms with Crippen molar-refractivity contribution in [3.05, 3.63) is 35.9 Å². The van der Waals surface area contributed by atoms with Crippen molar-refractivity contribution in [3.8, 4) is 0 Å². The Labute approximate surface area is 275 Å². The molecule has 1 aromatic carbocycles. The lowest BCUT2D eigenvalue weighted by Gasteiger charge is -2.25. The molecule has 1 N–H and O–H groups in total. The molecule has 45 heavy (non-hydrogen) atoms. The zero-order chi connectivity index (χ0) is 31.9. The highest BCUT2D eigenvalue weighted by Gasteiger charge is 2.39. The Balaban J connectivity index is 0.000000265. The summed E-state index contributed by atoms with van der Waals surface area (Å²) in [6.07, 6.45) is 3.54. The minimum atomic E-state index is -0.471. The first-order chi connectivity index (χ1) is 20.8. The van der Waals surface area contributed by atoms with E-state index in [0.29, 0.717) is 56.5 Å². The lowest BCUT2D eigenvalue weighted by molar-refractivity contribution is 0.0271. The summed E-state index contributed by atoms with van der Waals surface area (Å²) < 4.78 is 16.4. The smallest absolute Gasteiger partial charge is 0.410 e. The van der Waals surface area contributed by atoms with E-state index in [1.54, 1.807) is 4.90 Å². The van der Waals surface area contributed by atoms with Gasteiger partial charge in [0.15, 0.2) is 0 Å². The average molecular weight is 651 g/mol. The fourth-order valence-electron chi connectivity index (χ4n) is 6.58. The summed E-state index contributed by atoms with van der Waals surface area (Å²) in [4.78, 5) is 42.2. The second-order valence-electron chi connectivity index (χ2n) is 14.7. The molecule has 4 saturated heterocycles. The first-order valence-electron chi connectivity index (χ1n) is 16.4. The van der Waals surface area contributed by atoms with E-state index in [1.165, 1.54) is 12.8 Å². The Morgan fingerprint density at radius 2 is 1.09 bits per heavy atom. The van der Waals surface area contributed by atoms with Crippen LogP contribution in [0, 0.1) is 23.7 Å². The average Bonchev–Trinajstić information content (AvgIpc) is 3.41. The molecule has 0 aromatic heterocycles. The van der Waals surface area contributed by atoms with Gasteiger partial charge in [-0.1, -0.05) is 30.3 Å². The Morgan fingerprint density at radius 1 is 0.667 bits per heavy atom. The zero-order valence-electron chi connectivity index (χ0n) is 28.1. The molecule has 1 aromatic rings. The molecule has 4 aliphatic heterocycles. The van der Waals surface area contributed by atoms with Gasteiger partial charge in [-0.2, -0.15) is 0 Å². The van der Waals surface area contributed by atoms with E-state index < -0.39 is 5.60 Å². The number of ether oxygens (including phenoxy) is 3. The van der Waals surface area contributed by atoms with Gasteiger partial charge in [-0.25, -0.2) is 14.4 Å². The highest BCUT2D eigenvalue weighted by molar-refractivity contribution is 5.85. The van der Waals surface area contributed by atoms with Gasteiger partial charge in [0.05, 0.1) is 0 Å². The number of nitrogens with zero attached hydrogens (tertiary/aromatic N) is 3. The number of carbonyl (C=O) groups is 3. The van der Waals surface area contributed by atoms with Crippen LogP contribution < -0.4 is 5.32 Å². The molecular weight excluding hydrogens is 596 g/mol. The maximum Gasteiger partial charge on any atom is 0.410 e. The number of benzene rings is 1. The molecule has 0 spiro atoms. The topological polar surface area (TPSA) is 101 Å². The summed E-state index contributed by atoms with van der Waals surface area (Å²) in [5, 5.41) is 3.42. The van der Waals surface area contributed by atoms with E-state index in [0.717, 1.165) is 44.6 Å². The van der Waals surface area contributed by atoms with E-state index in [9.17, 15) is 14.4 Å². The molecule has 5 rings (SSSR count). The fourth-order valence-corrected chi connectivity index (χ4v) is 6.58. The van der Waals surface area contributed by atoms with Crippen molar-refractivity contribution in [3.63, 3.8) is 0 Å². The predicted octanol–water partition coefficient (Wildman–Crippen LogP) is 6.18. The lowest BCUT2D eigenvalue weighted by Crippen LogP contribution is -2.37. The Hall–Kier alpha value is -2.72. The van der Waals surface area contributed by atoms with Crippen molar-refractivity contribution in [2.24, 2.45) is 23.7 Å². The van der Waals surface area contributed by atoms with Crippen LogP contribution >= 0.6 is 12.4 Å². The third-order valence-electron chi connectivity index (χ3n) is 8.84. The monoisotopic (exact) mass is 650 g/mol. The van der Waals surface area contributed by atoms with E-state index in [2.05, 4.69) is 5.32 Å². The van der Waals surface area contributed by atoms with Crippen molar-refractivity contribution in [1.82, 2.24) is 20.0 Å². The minimum Gasteiger partial charge on any atom is -0.445 e. The molecule has 4 fully saturated rings. The molecular formula is C34H55ClN4O6. The maximum atomic E-state index is 12.4. The molecule has 4 aliphatic rings. The summed E-state index contributed by atoms with van der Waals surface area (Å²) in [5.41, 5.74) is 0.134. The van der Waals surface area contributed by atoms with Crippen LogP contribution in [0.5, 0.6) is 0 Å². The zero-order valence-corrected chi connectivity index (χ0v) is 28.9. The molecule has 11 heteroatoms. The SMILES string of the molecule is CC(C)(C)OC(=O)N1C[C@H]2CCN(C(=O)OCc3ccccc3)CC[C@H]2C1.CC(C)(C)OC(=O)N1C[C@H]2CCNCC[C@H]2C1.Cl. The van der Waals surface area contributed by atoms with Crippen LogP contribution in [0.4, 0.5) is 14.4 Å². The molecule has 0 bridgehead atoms. The Bertz CT molecular complexity index is 1080. The summed E-state index contributed by atoms with van der Waals surface area (Å²) in [6, 6.07) is 9.72. The van der Waals surface area contributed by atoms with Gasteiger partial charge in [-0.05, 0) is 110 Å². The molecule has 0 saturated carbocycles. The van der Waals surface area contributed by atoms with Crippen LogP contribution in [0.2, 0.25) is 0 Å². The fraction of sp³-hybridized carbons (Fsp3) is 0.735. The highest BCUT2D eigenvalue weighted by atomic mass is 35.5. The molecule has 4 heterocycles. The minimum absolute atomic E-state index is 0. The lowest BCUT2D eigenvalue weighted by atomic mass is 9.92.